The van der Waals surface area contributed by atoms with Crippen LogP contribution in [0.5, 0.6) is 0 Å². The fourth-order valence-corrected chi connectivity index (χ4v) is 4.82. The quantitative estimate of drug-likeness (QED) is 0.585. The van der Waals surface area contributed by atoms with Crippen LogP contribution in [0.2, 0.25) is 0 Å². The maximum absolute atomic E-state index is 14.5. The number of nitrogens with one attached hydrogen (secondary N) is 1. The Labute approximate surface area is 194 Å². The van der Waals surface area contributed by atoms with E-state index in [4.69, 9.17) is 5.26 Å². The molecule has 3 aromatic rings. The van der Waals surface area contributed by atoms with Gasteiger partial charge in [-0.15, -0.1) is 0 Å². The fourth-order valence-electron chi connectivity index (χ4n) is 4.82. The third-order valence-corrected chi connectivity index (χ3v) is 6.81. The summed E-state index contributed by atoms with van der Waals surface area (Å²) in [6.07, 6.45) is 2.90. The molecule has 0 amide bonds. The zero-order valence-electron chi connectivity index (χ0n) is 19.6. The second-order valence-corrected chi connectivity index (χ2v) is 9.08. The Balaban J connectivity index is 1.49. The number of hydrogen-bond acceptors (Lipinski definition) is 4. The summed E-state index contributed by atoms with van der Waals surface area (Å²) in [6, 6.07) is 13.3. The average molecular weight is 447 g/mol. The molecule has 1 fully saturated rings. The molecule has 1 aliphatic rings. The molecule has 33 heavy (non-hydrogen) atoms. The second-order valence-electron chi connectivity index (χ2n) is 9.08. The molecule has 0 radical (unpaired) electrons. The number of aromatic nitrogens is 1. The monoisotopic (exact) mass is 446 g/mol. The van der Waals surface area contributed by atoms with Gasteiger partial charge in [-0.2, -0.15) is 5.26 Å². The molecule has 1 N–H and O–H groups in total. The minimum Gasteiger partial charge on any atom is -0.366 e. The van der Waals surface area contributed by atoms with Crippen molar-refractivity contribution in [3.63, 3.8) is 0 Å². The first kappa shape index (κ1) is 23.0. The summed E-state index contributed by atoms with van der Waals surface area (Å²) >= 11 is 0. The van der Waals surface area contributed by atoms with E-state index < -0.39 is 0 Å². The highest BCUT2D eigenvalue weighted by Crippen LogP contribution is 2.25. The molecule has 2 aromatic carbocycles. The predicted octanol–water partition coefficient (Wildman–Crippen LogP) is 4.90. The molecular formula is C27H31FN4O. The number of hydrogen-bond donors (Lipinski definition) is 1. The topological polar surface area (TPSA) is 63.1 Å². The van der Waals surface area contributed by atoms with Crippen LogP contribution in [0.3, 0.4) is 0 Å². The van der Waals surface area contributed by atoms with E-state index in [0.29, 0.717) is 17.8 Å². The van der Waals surface area contributed by atoms with E-state index >= 15 is 0 Å². The fraction of sp³-hybridized carbons (Fsp3) is 0.407. The Kier molecular flexibility index (Phi) is 6.80. The molecule has 2 heterocycles. The lowest BCUT2D eigenvalue weighted by Gasteiger charge is -2.41. The third kappa shape index (κ3) is 4.79. The van der Waals surface area contributed by atoms with Crippen LogP contribution >= 0.6 is 0 Å². The number of halogens is 1. The molecule has 5 nitrogen and oxygen atoms in total. The number of H-pyrrole nitrogens is 1. The highest BCUT2D eigenvalue weighted by molar-refractivity contribution is 5.83. The van der Waals surface area contributed by atoms with E-state index in [1.165, 1.54) is 6.07 Å². The van der Waals surface area contributed by atoms with Gasteiger partial charge < -0.3 is 9.88 Å². The first-order chi connectivity index (χ1) is 15.9. The molecule has 0 bridgehead atoms. The van der Waals surface area contributed by atoms with Crippen molar-refractivity contribution in [3.05, 3.63) is 74.8 Å². The number of nitrogens with zero attached hydrogens (tertiary/aromatic N) is 3. The third-order valence-electron chi connectivity index (χ3n) is 6.81. The summed E-state index contributed by atoms with van der Waals surface area (Å²) in [6.45, 7) is 9.36. The highest BCUT2D eigenvalue weighted by atomic mass is 19.1. The molecule has 6 heteroatoms. The number of piperazine rings is 1. The van der Waals surface area contributed by atoms with Gasteiger partial charge >= 0.3 is 0 Å². The van der Waals surface area contributed by atoms with Gasteiger partial charge in [0, 0.05) is 48.7 Å². The van der Waals surface area contributed by atoms with E-state index in [1.807, 2.05) is 13.0 Å². The summed E-state index contributed by atoms with van der Waals surface area (Å²) < 4.78 is 14.5. The van der Waals surface area contributed by atoms with E-state index in [-0.39, 0.29) is 17.4 Å². The van der Waals surface area contributed by atoms with Gasteiger partial charge in [0.1, 0.15) is 5.82 Å². The van der Waals surface area contributed by atoms with Crippen molar-refractivity contribution in [1.82, 2.24) is 9.88 Å². The Morgan fingerprint density at radius 3 is 2.73 bits per heavy atom. The Hall–Kier alpha value is -3.17. The van der Waals surface area contributed by atoms with Gasteiger partial charge in [-0.05, 0) is 62.1 Å². The lowest BCUT2D eigenvalue weighted by atomic mass is 9.99. The molecule has 1 saturated heterocycles. The molecular weight excluding hydrogens is 415 g/mol. The summed E-state index contributed by atoms with van der Waals surface area (Å²) in [5.74, 6) is -0.346. The summed E-state index contributed by atoms with van der Waals surface area (Å²) in [7, 11) is 0. The van der Waals surface area contributed by atoms with Crippen LogP contribution in [0.25, 0.3) is 10.9 Å². The zero-order valence-corrected chi connectivity index (χ0v) is 19.6. The standard InChI is InChI=1S/C27H31FN4O/c1-4-5-6-23-19(3)22-9-7-21(14-25(22)30-27(23)33)17-31-11-12-32(16-18(31)2)26-10-8-20(15-29)13-24(26)28/h7-10,13-14,18H,4-6,11-12,16-17H2,1-3H3,(H,30,33)/t18-/m0/s1. The Morgan fingerprint density at radius 2 is 2.03 bits per heavy atom. The van der Waals surface area contributed by atoms with Gasteiger partial charge in [0.2, 0.25) is 0 Å². The molecule has 1 aromatic heterocycles. The Morgan fingerprint density at radius 1 is 1.21 bits per heavy atom. The number of fused-ring (bicyclic) bond motifs is 1. The van der Waals surface area contributed by atoms with Crippen molar-refractivity contribution < 1.29 is 4.39 Å². The van der Waals surface area contributed by atoms with Crippen molar-refractivity contribution >= 4 is 16.6 Å². The number of rotatable bonds is 6. The number of unbranched alkanes of at least 4 members (excludes halogenated alkanes) is 1. The maximum Gasteiger partial charge on any atom is 0.251 e. The molecule has 1 atom stereocenters. The van der Waals surface area contributed by atoms with E-state index in [0.717, 1.165) is 66.5 Å². The van der Waals surface area contributed by atoms with Gasteiger partial charge in [-0.1, -0.05) is 25.5 Å². The van der Waals surface area contributed by atoms with E-state index in [9.17, 15) is 9.18 Å². The summed E-state index contributed by atoms with van der Waals surface area (Å²) in [4.78, 5) is 20.2. The SMILES string of the molecule is CCCCc1c(C)c2ccc(CN3CCN(c4ccc(C#N)cc4F)C[C@@H]3C)cc2[nH]c1=O. The number of pyridine rings is 1. The number of nitriles is 1. The zero-order chi connectivity index (χ0) is 23.5. The maximum atomic E-state index is 14.5. The van der Waals surface area contributed by atoms with Crippen molar-refractivity contribution in [2.24, 2.45) is 0 Å². The molecule has 0 aliphatic carbocycles. The minimum atomic E-state index is -0.346. The lowest BCUT2D eigenvalue weighted by molar-refractivity contribution is 0.180. The second kappa shape index (κ2) is 9.76. The summed E-state index contributed by atoms with van der Waals surface area (Å²) in [5, 5.41) is 10.1. The van der Waals surface area contributed by atoms with Crippen LogP contribution in [0.15, 0.2) is 41.2 Å². The van der Waals surface area contributed by atoms with Crippen LogP contribution < -0.4 is 10.5 Å². The number of aromatic amines is 1. The molecule has 172 valence electrons. The van der Waals surface area contributed by atoms with Crippen molar-refractivity contribution in [2.45, 2.75) is 52.6 Å². The average Bonchev–Trinajstić information content (AvgIpc) is 2.80. The van der Waals surface area contributed by atoms with Crippen LogP contribution in [0.4, 0.5) is 10.1 Å². The van der Waals surface area contributed by atoms with Gasteiger partial charge in [0.05, 0.1) is 17.3 Å². The van der Waals surface area contributed by atoms with Crippen molar-refractivity contribution in [3.8, 4) is 6.07 Å². The first-order valence-corrected chi connectivity index (χ1v) is 11.7. The lowest BCUT2D eigenvalue weighted by Crippen LogP contribution is -2.51. The predicted molar refractivity (Wildman–Crippen MR) is 131 cm³/mol. The largest absolute Gasteiger partial charge is 0.366 e. The Bertz CT molecular complexity index is 1260. The summed E-state index contributed by atoms with van der Waals surface area (Å²) in [5.41, 5.74) is 4.95. The molecule has 1 aliphatic heterocycles. The van der Waals surface area contributed by atoms with Gasteiger partial charge in [-0.25, -0.2) is 4.39 Å². The van der Waals surface area contributed by atoms with Gasteiger partial charge in [-0.3, -0.25) is 9.69 Å². The minimum absolute atomic E-state index is 0.0250. The number of anilines is 1. The first-order valence-electron chi connectivity index (χ1n) is 11.7. The molecule has 0 saturated carbocycles. The van der Waals surface area contributed by atoms with Gasteiger partial charge in [0.25, 0.3) is 5.56 Å². The number of benzene rings is 2. The smallest absolute Gasteiger partial charge is 0.251 e. The number of aryl methyl sites for hydroxylation is 1. The highest BCUT2D eigenvalue weighted by Gasteiger charge is 2.25. The van der Waals surface area contributed by atoms with Crippen LogP contribution in [-0.2, 0) is 13.0 Å². The van der Waals surface area contributed by atoms with E-state index in [2.05, 4.69) is 46.8 Å². The molecule has 4 rings (SSSR count). The van der Waals surface area contributed by atoms with Gasteiger partial charge in [0.15, 0.2) is 0 Å². The van der Waals surface area contributed by atoms with Crippen molar-refractivity contribution in [2.75, 3.05) is 24.5 Å². The molecule has 0 unspecified atom stereocenters. The molecule has 0 spiro atoms. The van der Waals surface area contributed by atoms with Crippen LogP contribution in [-0.4, -0.2) is 35.6 Å². The van der Waals surface area contributed by atoms with E-state index in [1.54, 1.807) is 12.1 Å². The van der Waals surface area contributed by atoms with Crippen molar-refractivity contribution in [1.29, 1.82) is 5.26 Å². The van der Waals surface area contributed by atoms with Crippen LogP contribution in [0, 0.1) is 24.1 Å². The van der Waals surface area contributed by atoms with Crippen LogP contribution in [0.1, 0.15) is 48.9 Å². The normalized spacial score (nSPS) is 16.8.